The largest absolute Gasteiger partial charge is 0.500 e. The van der Waals surface area contributed by atoms with Crippen molar-refractivity contribution in [3.63, 3.8) is 0 Å². The number of pyridine rings is 2. The number of quaternary nitrogens is 1. The fraction of sp³-hybridized carbons (Fsp3) is 0.147. The van der Waals surface area contributed by atoms with E-state index in [1.54, 1.807) is 18.5 Å². The maximum Gasteiger partial charge on any atom is 0.325 e. The first-order chi connectivity index (χ1) is 20.2. The third-order valence-corrected chi connectivity index (χ3v) is 8.23. The third-order valence-electron chi connectivity index (χ3n) is 8.23. The van der Waals surface area contributed by atoms with Crippen molar-refractivity contribution in [3.05, 3.63) is 96.8 Å². The average Bonchev–Trinajstić information content (AvgIpc) is 3.63. The Bertz CT molecular complexity index is 2210. The number of hydrogen-bond acceptors (Lipinski definition) is 6. The maximum absolute atomic E-state index is 11.7. The zero-order chi connectivity index (χ0) is 28.8. The number of aromatic nitrogens is 4. The minimum atomic E-state index is -0.117. The molecule has 7 aromatic rings. The SMILES string of the molecule is CC(C)(C)c1ccnc2c1oc1ncc(Oc3cccc([N+]4(C)c5ccccc5-n5c4nc4ccccc45)c3O)cc12. The van der Waals surface area contributed by atoms with Crippen LogP contribution in [0.5, 0.6) is 17.2 Å². The Morgan fingerprint density at radius 2 is 1.69 bits per heavy atom. The molecule has 1 aliphatic rings. The molecule has 1 aliphatic heterocycles. The molecule has 1 unspecified atom stereocenters. The molecule has 3 aromatic carbocycles. The van der Waals surface area contributed by atoms with Crippen molar-refractivity contribution in [3.8, 4) is 22.9 Å². The fourth-order valence-corrected chi connectivity index (χ4v) is 6.18. The quantitative estimate of drug-likeness (QED) is 0.221. The lowest BCUT2D eigenvalue weighted by Crippen LogP contribution is -2.32. The molecular weight excluding hydrogens is 526 g/mol. The van der Waals surface area contributed by atoms with Crippen molar-refractivity contribution >= 4 is 50.6 Å². The Morgan fingerprint density at radius 1 is 0.905 bits per heavy atom. The summed E-state index contributed by atoms with van der Waals surface area (Å²) in [6, 6.07) is 25.7. The molecule has 8 nitrogen and oxygen atoms in total. The van der Waals surface area contributed by atoms with E-state index >= 15 is 0 Å². The normalized spacial score (nSPS) is 16.3. The highest BCUT2D eigenvalue weighted by molar-refractivity contribution is 6.02. The van der Waals surface area contributed by atoms with E-state index in [1.165, 1.54) is 0 Å². The minimum Gasteiger partial charge on any atom is -0.500 e. The van der Waals surface area contributed by atoms with Crippen LogP contribution in [0.15, 0.2) is 95.7 Å². The Kier molecular flexibility index (Phi) is 4.92. The summed E-state index contributed by atoms with van der Waals surface area (Å²) in [6.07, 6.45) is 3.40. The molecule has 0 radical (unpaired) electrons. The second-order valence-electron chi connectivity index (χ2n) is 11.9. The van der Waals surface area contributed by atoms with Crippen LogP contribution in [-0.2, 0) is 5.41 Å². The van der Waals surface area contributed by atoms with E-state index in [4.69, 9.17) is 14.1 Å². The van der Waals surface area contributed by atoms with Crippen molar-refractivity contribution in [1.29, 1.82) is 0 Å². The molecule has 1 atom stereocenters. The molecule has 0 saturated carbocycles. The highest BCUT2D eigenvalue weighted by Gasteiger charge is 2.47. The standard InChI is InChI=1S/C34H27N5O3/c1-34(2,3)22-16-17-35-29-21-18-20(19-36-32(21)42-31(22)29)41-28-15-9-14-27(30(28)40)39(4)26-13-8-7-12-25(26)38-24-11-6-5-10-23(24)37-33(38)39/h5-19H,1-4H3/p+1. The average molecular weight is 555 g/mol. The molecule has 8 rings (SSSR count). The van der Waals surface area contributed by atoms with Gasteiger partial charge in [-0.15, -0.1) is 0 Å². The van der Waals surface area contributed by atoms with Crippen LogP contribution in [0.2, 0.25) is 0 Å². The number of furan rings is 1. The Morgan fingerprint density at radius 3 is 2.55 bits per heavy atom. The second kappa shape index (κ2) is 8.41. The summed E-state index contributed by atoms with van der Waals surface area (Å²) in [4.78, 5) is 14.2. The number of imidazole rings is 1. The van der Waals surface area contributed by atoms with Gasteiger partial charge in [-0.2, -0.15) is 9.47 Å². The number of phenolic OH excluding ortho intramolecular Hbond substituents is 1. The molecule has 0 saturated heterocycles. The summed E-state index contributed by atoms with van der Waals surface area (Å²) in [5, 5.41) is 12.5. The number of ether oxygens (including phenoxy) is 1. The van der Waals surface area contributed by atoms with Crippen molar-refractivity contribution in [2.24, 2.45) is 0 Å². The zero-order valence-electron chi connectivity index (χ0n) is 23.7. The Balaban J connectivity index is 1.25. The summed E-state index contributed by atoms with van der Waals surface area (Å²) < 4.78 is 14.8. The molecule has 206 valence electrons. The van der Waals surface area contributed by atoms with Gasteiger partial charge >= 0.3 is 5.95 Å². The van der Waals surface area contributed by atoms with E-state index in [9.17, 15) is 5.11 Å². The van der Waals surface area contributed by atoms with Gasteiger partial charge in [0.15, 0.2) is 22.7 Å². The molecule has 0 bridgehead atoms. The number of para-hydroxylation sites is 5. The Hall–Kier alpha value is -5.21. The number of hydrogen-bond donors (Lipinski definition) is 1. The number of fused-ring (bicyclic) bond motifs is 8. The lowest BCUT2D eigenvalue weighted by atomic mass is 9.87. The predicted molar refractivity (Wildman–Crippen MR) is 164 cm³/mol. The van der Waals surface area contributed by atoms with E-state index in [0.29, 0.717) is 22.9 Å². The van der Waals surface area contributed by atoms with Gasteiger partial charge in [-0.1, -0.05) is 51.1 Å². The van der Waals surface area contributed by atoms with Crippen LogP contribution in [0.3, 0.4) is 0 Å². The molecule has 8 heteroatoms. The molecule has 0 aliphatic carbocycles. The molecule has 42 heavy (non-hydrogen) atoms. The lowest BCUT2D eigenvalue weighted by Gasteiger charge is -2.27. The van der Waals surface area contributed by atoms with Crippen LogP contribution in [0.25, 0.3) is 38.9 Å². The smallest absolute Gasteiger partial charge is 0.325 e. The highest BCUT2D eigenvalue weighted by Crippen LogP contribution is 2.56. The first-order valence-corrected chi connectivity index (χ1v) is 13.9. The summed E-state index contributed by atoms with van der Waals surface area (Å²) in [7, 11) is 2.05. The van der Waals surface area contributed by atoms with Crippen LogP contribution in [0, 0.1) is 0 Å². The van der Waals surface area contributed by atoms with E-state index in [-0.39, 0.29) is 15.6 Å². The fourth-order valence-electron chi connectivity index (χ4n) is 6.18. The second-order valence-corrected chi connectivity index (χ2v) is 11.9. The third kappa shape index (κ3) is 3.30. The van der Waals surface area contributed by atoms with Gasteiger partial charge in [-0.05, 0) is 41.8 Å². The molecule has 1 N–H and O–H groups in total. The highest BCUT2D eigenvalue weighted by atomic mass is 16.5. The summed E-state index contributed by atoms with van der Waals surface area (Å²) in [5.74, 6) is 1.60. The maximum atomic E-state index is 11.7. The number of rotatable bonds is 3. The van der Waals surface area contributed by atoms with Gasteiger partial charge in [-0.3, -0.25) is 4.98 Å². The number of phenols is 1. The van der Waals surface area contributed by atoms with Crippen molar-refractivity contribution < 1.29 is 14.3 Å². The molecular formula is C34H28N5O3+. The van der Waals surface area contributed by atoms with Gasteiger partial charge in [0, 0.05) is 23.9 Å². The van der Waals surface area contributed by atoms with Gasteiger partial charge in [0.1, 0.15) is 17.0 Å². The Labute approximate surface area is 241 Å². The van der Waals surface area contributed by atoms with Gasteiger partial charge in [0.2, 0.25) is 11.5 Å². The van der Waals surface area contributed by atoms with Gasteiger partial charge < -0.3 is 14.3 Å². The van der Waals surface area contributed by atoms with Crippen molar-refractivity contribution in [1.82, 2.24) is 24.0 Å². The van der Waals surface area contributed by atoms with Crippen LogP contribution < -0.4 is 9.22 Å². The monoisotopic (exact) mass is 554 g/mol. The van der Waals surface area contributed by atoms with Crippen molar-refractivity contribution in [2.45, 2.75) is 26.2 Å². The van der Waals surface area contributed by atoms with Gasteiger partial charge in [0.25, 0.3) is 0 Å². The van der Waals surface area contributed by atoms with Crippen molar-refractivity contribution in [2.75, 3.05) is 7.05 Å². The van der Waals surface area contributed by atoms with E-state index < -0.39 is 0 Å². The van der Waals surface area contributed by atoms with E-state index in [0.717, 1.165) is 50.4 Å². The van der Waals surface area contributed by atoms with Crippen LogP contribution in [-0.4, -0.2) is 31.7 Å². The topological polar surface area (TPSA) is 86.2 Å². The number of aromatic hydroxyl groups is 1. The van der Waals surface area contributed by atoms with E-state index in [1.807, 2.05) is 61.6 Å². The van der Waals surface area contributed by atoms with Crippen LogP contribution in [0.4, 0.5) is 17.3 Å². The van der Waals surface area contributed by atoms with Crippen LogP contribution >= 0.6 is 0 Å². The summed E-state index contributed by atoms with van der Waals surface area (Å²) in [6.45, 7) is 6.43. The first-order valence-electron chi connectivity index (χ1n) is 13.9. The molecule has 4 aromatic heterocycles. The summed E-state index contributed by atoms with van der Waals surface area (Å²) >= 11 is 0. The minimum absolute atomic E-state index is 0.0283. The van der Waals surface area contributed by atoms with E-state index in [2.05, 4.69) is 53.5 Å². The van der Waals surface area contributed by atoms with Crippen LogP contribution in [0.1, 0.15) is 26.3 Å². The zero-order valence-corrected chi connectivity index (χ0v) is 23.7. The predicted octanol–water partition coefficient (Wildman–Crippen LogP) is 8.42. The van der Waals surface area contributed by atoms with Gasteiger partial charge in [-0.25, -0.2) is 9.55 Å². The lowest BCUT2D eigenvalue weighted by molar-refractivity contribution is 0.402. The molecule has 5 heterocycles. The first kappa shape index (κ1) is 24.6. The molecule has 0 spiro atoms. The number of nitrogens with zero attached hydrogens (tertiary/aromatic N) is 5. The molecule has 0 amide bonds. The molecule has 0 fully saturated rings. The number of benzene rings is 3. The van der Waals surface area contributed by atoms with Gasteiger partial charge in [0.05, 0.1) is 29.7 Å². The summed E-state index contributed by atoms with van der Waals surface area (Å²) in [5.41, 5.74) is 7.49.